The number of hydrogen-bond donors (Lipinski definition) is 1. The van der Waals surface area contributed by atoms with Gasteiger partial charge in [0.2, 0.25) is 0 Å². The third kappa shape index (κ3) is 3.40. The number of rotatable bonds is 5. The number of aromatic nitrogens is 2. The molecule has 2 rings (SSSR count). The molecule has 0 bridgehead atoms. The summed E-state index contributed by atoms with van der Waals surface area (Å²) in [4.78, 5) is 0. The summed E-state index contributed by atoms with van der Waals surface area (Å²) in [6, 6.07) is 2.58. The topological polar surface area (TPSA) is 29.9 Å². The summed E-state index contributed by atoms with van der Waals surface area (Å²) in [5, 5.41) is 10.2. The van der Waals surface area contributed by atoms with Crippen molar-refractivity contribution < 1.29 is 0 Å². The molecule has 0 aromatic carbocycles. The van der Waals surface area contributed by atoms with Gasteiger partial charge >= 0.3 is 0 Å². The highest BCUT2D eigenvalue weighted by Crippen LogP contribution is 2.29. The van der Waals surface area contributed by atoms with Gasteiger partial charge in [-0.05, 0) is 69.0 Å². The van der Waals surface area contributed by atoms with Crippen LogP contribution < -0.4 is 5.32 Å². The zero-order valence-corrected chi connectivity index (χ0v) is 15.8. The van der Waals surface area contributed by atoms with E-state index < -0.39 is 0 Å². The molecule has 3 nitrogen and oxygen atoms in total. The van der Waals surface area contributed by atoms with Crippen LogP contribution in [0.25, 0.3) is 0 Å². The fraction of sp³-hybridized carbons (Fsp3) is 0.462. The minimum atomic E-state index is 0.330. The van der Waals surface area contributed by atoms with Crippen LogP contribution in [-0.4, -0.2) is 16.8 Å². The van der Waals surface area contributed by atoms with Gasteiger partial charge in [-0.2, -0.15) is 5.10 Å². The monoisotopic (exact) mass is 453 g/mol. The van der Waals surface area contributed by atoms with Crippen molar-refractivity contribution in [3.63, 3.8) is 0 Å². The number of nitrogens with one attached hydrogen (secondary N) is 1. The molecule has 0 radical (unpaired) electrons. The molecule has 2 aromatic rings. The number of thiophene rings is 1. The van der Waals surface area contributed by atoms with E-state index in [-0.39, 0.29) is 0 Å². The molecule has 0 amide bonds. The first-order valence-corrected chi connectivity index (χ1v) is 8.93. The molecule has 6 heteroatoms. The molecular formula is C13H17BrIN3S. The summed E-state index contributed by atoms with van der Waals surface area (Å²) in [5.74, 6) is 0. The molecule has 1 atom stereocenters. The Labute approximate surface area is 140 Å². The maximum atomic E-state index is 4.56. The third-order valence-corrected chi connectivity index (χ3v) is 5.96. The lowest BCUT2D eigenvalue weighted by Gasteiger charge is -2.15. The molecule has 0 aliphatic rings. The maximum absolute atomic E-state index is 4.56. The van der Waals surface area contributed by atoms with E-state index in [1.165, 1.54) is 14.1 Å². The van der Waals surface area contributed by atoms with E-state index in [1.54, 1.807) is 11.3 Å². The Morgan fingerprint density at radius 1 is 1.58 bits per heavy atom. The molecule has 0 fully saturated rings. The van der Waals surface area contributed by atoms with E-state index in [0.717, 1.165) is 23.0 Å². The van der Waals surface area contributed by atoms with E-state index in [9.17, 15) is 0 Å². The van der Waals surface area contributed by atoms with Crippen LogP contribution in [0, 0.1) is 2.88 Å². The summed E-state index contributed by atoms with van der Waals surface area (Å²) in [6.45, 7) is 2.13. The second kappa shape index (κ2) is 6.69. The molecule has 0 aliphatic carbocycles. The summed E-state index contributed by atoms with van der Waals surface area (Å²) in [6.07, 6.45) is 1.89. The number of halogens is 2. The van der Waals surface area contributed by atoms with Gasteiger partial charge in [-0.3, -0.25) is 4.68 Å². The van der Waals surface area contributed by atoms with Gasteiger partial charge in [-0.25, -0.2) is 0 Å². The van der Waals surface area contributed by atoms with E-state index in [1.807, 2.05) is 18.8 Å². The Morgan fingerprint density at radius 2 is 2.32 bits per heavy atom. The van der Waals surface area contributed by atoms with Gasteiger partial charge in [0, 0.05) is 19.5 Å². The lowest BCUT2D eigenvalue weighted by atomic mass is 10.1. The Balaban J connectivity index is 2.26. The number of likely N-dealkylation sites (N-methyl/N-ethyl adjacent to an activating group) is 1. The minimum absolute atomic E-state index is 0.330. The molecule has 104 valence electrons. The highest BCUT2D eigenvalue weighted by molar-refractivity contribution is 14.1. The largest absolute Gasteiger partial charge is 0.313 e. The average molecular weight is 454 g/mol. The second-order valence-electron chi connectivity index (χ2n) is 4.41. The number of hydrogen-bond acceptors (Lipinski definition) is 3. The smallest absolute Gasteiger partial charge is 0.0766 e. The lowest BCUT2D eigenvalue weighted by molar-refractivity contribution is 0.561. The Bertz CT molecular complexity index is 564. The molecule has 2 aromatic heterocycles. The van der Waals surface area contributed by atoms with Crippen LogP contribution in [0.3, 0.4) is 0 Å². The Hall–Kier alpha value is 0.0800. The molecule has 1 N–H and O–H groups in total. The molecule has 0 aliphatic heterocycles. The second-order valence-corrected chi connectivity index (χ2v) is 8.01. The van der Waals surface area contributed by atoms with Crippen LogP contribution in [0.4, 0.5) is 0 Å². The summed E-state index contributed by atoms with van der Waals surface area (Å²) >= 11 is 7.85. The van der Waals surface area contributed by atoms with Crippen molar-refractivity contribution in [3.05, 3.63) is 35.8 Å². The van der Waals surface area contributed by atoms with E-state index in [4.69, 9.17) is 0 Å². The van der Waals surface area contributed by atoms with Crippen LogP contribution in [0.2, 0.25) is 0 Å². The first-order chi connectivity index (χ1) is 9.06. The molecule has 0 saturated carbocycles. The SMILES string of the molecule is CCc1nn(C)c(CC(NC)c2csc(I)c2)c1Br. The van der Waals surface area contributed by atoms with Crippen molar-refractivity contribution in [3.8, 4) is 0 Å². The van der Waals surface area contributed by atoms with Gasteiger partial charge in [0.1, 0.15) is 0 Å². The summed E-state index contributed by atoms with van der Waals surface area (Å²) < 4.78 is 4.47. The van der Waals surface area contributed by atoms with Crippen LogP contribution in [-0.2, 0) is 19.9 Å². The van der Waals surface area contributed by atoms with Gasteiger partial charge in [-0.15, -0.1) is 11.3 Å². The Morgan fingerprint density at radius 3 is 2.79 bits per heavy atom. The summed E-state index contributed by atoms with van der Waals surface area (Å²) in [5.41, 5.74) is 3.73. The van der Waals surface area contributed by atoms with Gasteiger partial charge in [0.25, 0.3) is 0 Å². The fourth-order valence-electron chi connectivity index (χ4n) is 2.13. The number of aryl methyl sites for hydroxylation is 2. The van der Waals surface area contributed by atoms with Crippen LogP contribution in [0.1, 0.15) is 29.9 Å². The van der Waals surface area contributed by atoms with E-state index in [2.05, 4.69) is 67.3 Å². The lowest BCUT2D eigenvalue weighted by Crippen LogP contribution is -2.19. The van der Waals surface area contributed by atoms with Gasteiger partial charge in [0.05, 0.1) is 18.7 Å². The van der Waals surface area contributed by atoms with E-state index in [0.29, 0.717) is 6.04 Å². The Kier molecular flexibility index (Phi) is 5.45. The zero-order chi connectivity index (χ0) is 14.0. The van der Waals surface area contributed by atoms with Crippen molar-refractivity contribution in [1.29, 1.82) is 0 Å². The van der Waals surface area contributed by atoms with Crippen molar-refractivity contribution in [1.82, 2.24) is 15.1 Å². The van der Waals surface area contributed by atoms with Crippen molar-refractivity contribution in [2.24, 2.45) is 7.05 Å². The minimum Gasteiger partial charge on any atom is -0.313 e. The molecule has 0 saturated heterocycles. The molecule has 0 spiro atoms. The van der Waals surface area contributed by atoms with Gasteiger partial charge < -0.3 is 5.32 Å². The maximum Gasteiger partial charge on any atom is 0.0766 e. The predicted octanol–water partition coefficient (Wildman–Crippen LogP) is 3.91. The quantitative estimate of drug-likeness (QED) is 0.695. The first-order valence-electron chi connectivity index (χ1n) is 6.18. The predicted molar refractivity (Wildman–Crippen MR) is 92.8 cm³/mol. The zero-order valence-electron chi connectivity index (χ0n) is 11.2. The standard InChI is InChI=1S/C13H17BrIN3S/c1-4-9-13(14)11(18(3)17-9)6-10(16-2)8-5-12(15)19-7-8/h5,7,10,16H,4,6H2,1-3H3. The molecule has 1 unspecified atom stereocenters. The first kappa shape index (κ1) is 15.5. The van der Waals surface area contributed by atoms with Crippen LogP contribution in [0.5, 0.6) is 0 Å². The van der Waals surface area contributed by atoms with Crippen molar-refractivity contribution in [2.75, 3.05) is 7.05 Å². The van der Waals surface area contributed by atoms with Crippen molar-refractivity contribution >= 4 is 49.9 Å². The number of nitrogens with zero attached hydrogens (tertiary/aromatic N) is 2. The molecular weight excluding hydrogens is 437 g/mol. The van der Waals surface area contributed by atoms with E-state index >= 15 is 0 Å². The highest BCUT2D eigenvalue weighted by atomic mass is 127. The summed E-state index contributed by atoms with van der Waals surface area (Å²) in [7, 11) is 4.03. The highest BCUT2D eigenvalue weighted by Gasteiger charge is 2.18. The normalized spacial score (nSPS) is 12.9. The van der Waals surface area contributed by atoms with Crippen molar-refractivity contribution in [2.45, 2.75) is 25.8 Å². The average Bonchev–Trinajstić information content (AvgIpc) is 2.92. The van der Waals surface area contributed by atoms with Gasteiger partial charge in [0.15, 0.2) is 0 Å². The molecule has 19 heavy (non-hydrogen) atoms. The third-order valence-electron chi connectivity index (χ3n) is 3.24. The van der Waals surface area contributed by atoms with Crippen LogP contribution in [0.15, 0.2) is 15.9 Å². The van der Waals surface area contributed by atoms with Crippen LogP contribution >= 0.6 is 49.9 Å². The molecule has 2 heterocycles. The fourth-order valence-corrected chi connectivity index (χ4v) is 4.33. The van der Waals surface area contributed by atoms with Gasteiger partial charge in [-0.1, -0.05) is 6.92 Å².